The van der Waals surface area contributed by atoms with Crippen molar-refractivity contribution in [2.75, 3.05) is 7.11 Å². The molecule has 2 unspecified atom stereocenters. The highest BCUT2D eigenvalue weighted by molar-refractivity contribution is 6.30. The number of aromatic nitrogens is 3. The molecule has 6 heteroatoms. The van der Waals surface area contributed by atoms with Crippen LogP contribution in [0.25, 0.3) is 6.08 Å². The van der Waals surface area contributed by atoms with E-state index in [4.69, 9.17) is 16.3 Å². The minimum atomic E-state index is -1.14. The zero-order valence-electron chi connectivity index (χ0n) is 13.2. The summed E-state index contributed by atoms with van der Waals surface area (Å²) in [5.74, 6) is 0. The summed E-state index contributed by atoms with van der Waals surface area (Å²) in [4.78, 5) is 3.95. The van der Waals surface area contributed by atoms with Gasteiger partial charge in [0.1, 0.15) is 18.3 Å². The maximum absolute atomic E-state index is 11.4. The molecule has 0 spiro atoms. The van der Waals surface area contributed by atoms with Gasteiger partial charge in [-0.25, -0.2) is 9.67 Å². The average molecular weight is 334 g/mol. The van der Waals surface area contributed by atoms with E-state index in [1.807, 2.05) is 37.3 Å². The van der Waals surface area contributed by atoms with Gasteiger partial charge in [-0.3, -0.25) is 0 Å². The highest BCUT2D eigenvalue weighted by Gasteiger charge is 2.55. The summed E-state index contributed by atoms with van der Waals surface area (Å²) in [5.41, 5.74) is 0.119. The number of hydrogen-bond acceptors (Lipinski definition) is 4. The van der Waals surface area contributed by atoms with E-state index >= 15 is 0 Å². The van der Waals surface area contributed by atoms with Crippen molar-refractivity contribution >= 4 is 17.7 Å². The number of aliphatic hydroxyl groups is 1. The first-order valence-corrected chi connectivity index (χ1v) is 7.91. The van der Waals surface area contributed by atoms with Crippen LogP contribution in [0.2, 0.25) is 5.02 Å². The molecule has 0 bridgehead atoms. The van der Waals surface area contributed by atoms with Gasteiger partial charge in [-0.1, -0.05) is 29.8 Å². The van der Waals surface area contributed by atoms with E-state index in [9.17, 15) is 5.11 Å². The average Bonchev–Trinajstić information content (AvgIpc) is 3.12. The predicted molar refractivity (Wildman–Crippen MR) is 89.0 cm³/mol. The summed E-state index contributed by atoms with van der Waals surface area (Å²) in [6.45, 7) is 2.24. The maximum Gasteiger partial charge on any atom is 0.137 e. The van der Waals surface area contributed by atoms with Crippen LogP contribution in [0.5, 0.6) is 0 Å². The number of benzene rings is 1. The van der Waals surface area contributed by atoms with Gasteiger partial charge in [0.2, 0.25) is 0 Å². The lowest BCUT2D eigenvalue weighted by atomic mass is 9.84. The van der Waals surface area contributed by atoms with E-state index in [1.165, 1.54) is 6.33 Å². The molecule has 122 valence electrons. The largest absolute Gasteiger partial charge is 0.381 e. The second-order valence-corrected chi connectivity index (χ2v) is 6.55. The number of hydrogen-bond donors (Lipinski definition) is 1. The van der Waals surface area contributed by atoms with Gasteiger partial charge in [-0.05, 0) is 43.0 Å². The Morgan fingerprint density at radius 1 is 1.39 bits per heavy atom. The van der Waals surface area contributed by atoms with Crippen molar-refractivity contribution in [1.29, 1.82) is 0 Å². The topological polar surface area (TPSA) is 60.2 Å². The summed E-state index contributed by atoms with van der Waals surface area (Å²) in [6, 6.07) is 7.56. The van der Waals surface area contributed by atoms with Gasteiger partial charge < -0.3 is 9.84 Å². The molecule has 1 aliphatic carbocycles. The summed E-state index contributed by atoms with van der Waals surface area (Å²) < 4.78 is 7.31. The molecule has 1 saturated carbocycles. The van der Waals surface area contributed by atoms with E-state index in [0.29, 0.717) is 11.6 Å². The molecule has 1 aromatic heterocycles. The molecular formula is C17H20ClN3O2. The van der Waals surface area contributed by atoms with Crippen LogP contribution in [0.3, 0.4) is 0 Å². The number of nitrogens with zero attached hydrogens (tertiary/aromatic N) is 3. The van der Waals surface area contributed by atoms with Crippen molar-refractivity contribution in [2.24, 2.45) is 0 Å². The number of halogens is 1. The quantitative estimate of drug-likeness (QED) is 0.934. The van der Waals surface area contributed by atoms with Crippen molar-refractivity contribution in [3.63, 3.8) is 0 Å². The molecule has 0 radical (unpaired) electrons. The third-order valence-electron chi connectivity index (χ3n) is 4.80. The Kier molecular flexibility index (Phi) is 4.27. The van der Waals surface area contributed by atoms with Crippen LogP contribution >= 0.6 is 11.6 Å². The van der Waals surface area contributed by atoms with Crippen LogP contribution in [0.15, 0.2) is 42.5 Å². The second-order valence-electron chi connectivity index (χ2n) is 6.11. The van der Waals surface area contributed by atoms with E-state index in [2.05, 4.69) is 10.1 Å². The standard InChI is InChI=1S/C17H20ClN3O2/c1-16(23-2)8-7-14(9-13-3-5-15(18)6-4-13)17(16,22)10-21-12-19-11-20-21/h3-6,9,11-12,22H,7-8,10H2,1-2H3. The molecular weight excluding hydrogens is 314 g/mol. The zero-order chi connectivity index (χ0) is 16.5. The van der Waals surface area contributed by atoms with Crippen LogP contribution in [0.4, 0.5) is 0 Å². The SMILES string of the molecule is COC1(C)CCC(=Cc2ccc(Cl)cc2)C1(O)Cn1cncn1. The Morgan fingerprint density at radius 3 is 2.74 bits per heavy atom. The zero-order valence-corrected chi connectivity index (χ0v) is 14.0. The van der Waals surface area contributed by atoms with Gasteiger partial charge in [0.05, 0.1) is 12.1 Å². The van der Waals surface area contributed by atoms with Gasteiger partial charge >= 0.3 is 0 Å². The van der Waals surface area contributed by atoms with Crippen LogP contribution in [0, 0.1) is 0 Å². The molecule has 5 nitrogen and oxygen atoms in total. The molecule has 0 amide bonds. The lowest BCUT2D eigenvalue weighted by Crippen LogP contribution is -2.53. The maximum atomic E-state index is 11.4. The van der Waals surface area contributed by atoms with Crippen LogP contribution < -0.4 is 0 Å². The molecule has 0 aliphatic heterocycles. The molecule has 1 heterocycles. The lowest BCUT2D eigenvalue weighted by molar-refractivity contribution is -0.132. The highest BCUT2D eigenvalue weighted by Crippen LogP contribution is 2.47. The minimum Gasteiger partial charge on any atom is -0.381 e. The number of ether oxygens (including phenoxy) is 1. The fraction of sp³-hybridized carbons (Fsp3) is 0.412. The smallest absolute Gasteiger partial charge is 0.137 e. The van der Waals surface area contributed by atoms with Gasteiger partial charge in [0.15, 0.2) is 0 Å². The summed E-state index contributed by atoms with van der Waals surface area (Å²) in [6.07, 6.45) is 6.58. The van der Waals surface area contributed by atoms with Crippen molar-refractivity contribution in [1.82, 2.24) is 14.8 Å². The van der Waals surface area contributed by atoms with Crippen molar-refractivity contribution < 1.29 is 9.84 Å². The Morgan fingerprint density at radius 2 is 2.13 bits per heavy atom. The molecule has 23 heavy (non-hydrogen) atoms. The second kappa shape index (κ2) is 6.07. The predicted octanol–water partition coefficient (Wildman–Crippen LogP) is 2.95. The minimum absolute atomic E-state index is 0.302. The molecule has 1 aromatic carbocycles. The molecule has 3 rings (SSSR count). The van der Waals surface area contributed by atoms with Crippen LogP contribution in [-0.4, -0.2) is 38.2 Å². The fourth-order valence-electron chi connectivity index (χ4n) is 3.17. The normalized spacial score (nSPS) is 29.3. The van der Waals surface area contributed by atoms with Crippen LogP contribution in [0.1, 0.15) is 25.3 Å². The van der Waals surface area contributed by atoms with Crippen LogP contribution in [-0.2, 0) is 11.3 Å². The number of methoxy groups -OCH3 is 1. The molecule has 1 aliphatic rings. The van der Waals surface area contributed by atoms with Crippen molar-refractivity contribution in [2.45, 2.75) is 37.5 Å². The number of rotatable bonds is 4. The molecule has 1 fully saturated rings. The van der Waals surface area contributed by atoms with Gasteiger partial charge in [0.25, 0.3) is 0 Å². The molecule has 2 atom stereocenters. The first-order chi connectivity index (χ1) is 11.0. The Balaban J connectivity index is 1.99. The van der Waals surface area contributed by atoms with E-state index < -0.39 is 11.2 Å². The van der Waals surface area contributed by atoms with Crippen molar-refractivity contribution in [3.8, 4) is 0 Å². The summed E-state index contributed by atoms with van der Waals surface area (Å²) in [5, 5.41) is 16.3. The highest BCUT2D eigenvalue weighted by atomic mass is 35.5. The van der Waals surface area contributed by atoms with E-state index in [1.54, 1.807) is 18.1 Å². The monoisotopic (exact) mass is 333 g/mol. The first kappa shape index (κ1) is 16.2. The molecule has 2 aromatic rings. The summed E-state index contributed by atoms with van der Waals surface area (Å²) in [7, 11) is 1.64. The van der Waals surface area contributed by atoms with Crippen molar-refractivity contribution in [3.05, 3.63) is 53.1 Å². The lowest BCUT2D eigenvalue weighted by Gasteiger charge is -2.39. The first-order valence-electron chi connectivity index (χ1n) is 7.53. The Hall–Kier alpha value is -1.69. The Bertz CT molecular complexity index is 699. The third kappa shape index (κ3) is 2.92. The summed E-state index contributed by atoms with van der Waals surface area (Å²) >= 11 is 5.94. The fourth-order valence-corrected chi connectivity index (χ4v) is 3.29. The molecule has 1 N–H and O–H groups in total. The van der Waals surface area contributed by atoms with Gasteiger partial charge in [-0.2, -0.15) is 5.10 Å². The Labute approximate surface area is 140 Å². The van der Waals surface area contributed by atoms with E-state index in [-0.39, 0.29) is 0 Å². The van der Waals surface area contributed by atoms with Gasteiger partial charge in [0, 0.05) is 12.1 Å². The molecule has 0 saturated heterocycles. The van der Waals surface area contributed by atoms with E-state index in [0.717, 1.165) is 24.0 Å². The van der Waals surface area contributed by atoms with Gasteiger partial charge in [-0.15, -0.1) is 0 Å². The third-order valence-corrected chi connectivity index (χ3v) is 5.05.